The largest absolute Gasteiger partial charge is 0.384 e. The summed E-state index contributed by atoms with van der Waals surface area (Å²) in [6.45, 7) is 0.00819. The fourth-order valence-corrected chi connectivity index (χ4v) is 4.77. The Kier molecular flexibility index (Phi) is 5.97. The van der Waals surface area contributed by atoms with E-state index in [2.05, 4.69) is 5.32 Å². The molecule has 4 rings (SSSR count). The zero-order chi connectivity index (χ0) is 23.6. The van der Waals surface area contributed by atoms with Crippen LogP contribution < -0.4 is 11.1 Å². The lowest BCUT2D eigenvalue weighted by Crippen LogP contribution is -2.20. The first kappa shape index (κ1) is 22.2. The Balaban J connectivity index is 1.72. The summed E-state index contributed by atoms with van der Waals surface area (Å²) < 4.78 is 40.5. The molecule has 0 saturated heterocycles. The van der Waals surface area contributed by atoms with Crippen LogP contribution in [0, 0.1) is 11.2 Å². The molecule has 9 heteroatoms. The van der Waals surface area contributed by atoms with Gasteiger partial charge in [-0.15, -0.1) is 0 Å². The summed E-state index contributed by atoms with van der Waals surface area (Å²) in [4.78, 5) is 13.3. The standard InChI is InChI=1S/C24H21FN4O3S/c25-18-8-10-19(11-9-18)28-24(30)22-14-16-6-7-17(23(26)27)15-21(16)29(22)12-13-33(31,32)20-4-2-1-3-5-20/h1-11,14-15H,12-13H2,(H3,26,27)(H,28,30). The highest BCUT2D eigenvalue weighted by Gasteiger charge is 2.20. The third kappa shape index (κ3) is 4.78. The van der Waals surface area contributed by atoms with Gasteiger partial charge >= 0.3 is 0 Å². The van der Waals surface area contributed by atoms with Gasteiger partial charge in [-0.05, 0) is 48.5 Å². The van der Waals surface area contributed by atoms with Crippen molar-refractivity contribution in [3.8, 4) is 0 Å². The van der Waals surface area contributed by atoms with E-state index in [1.54, 1.807) is 47.0 Å². The second kappa shape index (κ2) is 8.87. The zero-order valence-electron chi connectivity index (χ0n) is 17.5. The van der Waals surface area contributed by atoms with Gasteiger partial charge in [0.05, 0.1) is 10.6 Å². The van der Waals surface area contributed by atoms with Crippen molar-refractivity contribution in [3.63, 3.8) is 0 Å². The van der Waals surface area contributed by atoms with E-state index < -0.39 is 21.6 Å². The Morgan fingerprint density at radius 3 is 2.36 bits per heavy atom. The molecule has 33 heavy (non-hydrogen) atoms. The number of amidine groups is 1. The maximum Gasteiger partial charge on any atom is 0.272 e. The molecule has 168 valence electrons. The topological polar surface area (TPSA) is 118 Å². The van der Waals surface area contributed by atoms with E-state index in [1.807, 2.05) is 0 Å². The smallest absolute Gasteiger partial charge is 0.272 e. The monoisotopic (exact) mass is 464 g/mol. The lowest BCUT2D eigenvalue weighted by Gasteiger charge is -2.12. The molecule has 0 aliphatic carbocycles. The number of carbonyl (C=O) groups is 1. The molecule has 4 N–H and O–H groups in total. The SMILES string of the molecule is N=C(N)c1ccc2cc(C(=O)Nc3ccc(F)cc3)n(CCS(=O)(=O)c3ccccc3)c2c1. The minimum absolute atomic E-state index is 0.00819. The number of amides is 1. The third-order valence-electron chi connectivity index (χ3n) is 5.24. The van der Waals surface area contributed by atoms with Gasteiger partial charge < -0.3 is 15.6 Å². The van der Waals surface area contributed by atoms with Crippen molar-refractivity contribution < 1.29 is 17.6 Å². The normalized spacial score (nSPS) is 11.4. The Hall–Kier alpha value is -3.98. The van der Waals surface area contributed by atoms with Crippen LogP contribution in [0.15, 0.2) is 83.8 Å². The van der Waals surface area contributed by atoms with Gasteiger partial charge in [-0.1, -0.05) is 30.3 Å². The van der Waals surface area contributed by atoms with E-state index in [4.69, 9.17) is 11.1 Å². The molecule has 7 nitrogen and oxygen atoms in total. The molecule has 0 unspecified atom stereocenters. The van der Waals surface area contributed by atoms with Crippen molar-refractivity contribution in [1.82, 2.24) is 4.57 Å². The minimum atomic E-state index is -3.60. The van der Waals surface area contributed by atoms with E-state index in [0.29, 0.717) is 22.2 Å². The Morgan fingerprint density at radius 1 is 1.00 bits per heavy atom. The number of nitrogens with zero attached hydrogens (tertiary/aromatic N) is 1. The number of nitrogens with one attached hydrogen (secondary N) is 2. The van der Waals surface area contributed by atoms with Crippen LogP contribution in [0.5, 0.6) is 0 Å². The molecule has 1 amide bonds. The zero-order valence-corrected chi connectivity index (χ0v) is 18.3. The number of nitrogens with two attached hydrogens (primary N) is 1. The molecular formula is C24H21FN4O3S. The predicted molar refractivity (Wildman–Crippen MR) is 126 cm³/mol. The third-order valence-corrected chi connectivity index (χ3v) is 6.95. The summed E-state index contributed by atoms with van der Waals surface area (Å²) in [5.41, 5.74) is 7.30. The second-order valence-electron chi connectivity index (χ2n) is 7.46. The maximum absolute atomic E-state index is 13.2. The average Bonchev–Trinajstić information content (AvgIpc) is 3.18. The first-order valence-electron chi connectivity index (χ1n) is 10.1. The van der Waals surface area contributed by atoms with Crippen LogP contribution in [-0.4, -0.2) is 30.5 Å². The van der Waals surface area contributed by atoms with Gasteiger partial charge in [-0.25, -0.2) is 12.8 Å². The molecule has 0 saturated carbocycles. The number of hydrogen-bond donors (Lipinski definition) is 3. The summed E-state index contributed by atoms with van der Waals surface area (Å²) in [5.74, 6) is -1.27. The summed E-state index contributed by atoms with van der Waals surface area (Å²) in [6, 6.07) is 20.1. The number of aromatic nitrogens is 1. The number of sulfone groups is 1. The summed E-state index contributed by atoms with van der Waals surface area (Å²) in [6.07, 6.45) is 0. The molecule has 4 aromatic rings. The molecule has 0 aliphatic heterocycles. The average molecular weight is 465 g/mol. The molecule has 0 bridgehead atoms. The van der Waals surface area contributed by atoms with Crippen molar-refractivity contribution in [3.05, 3.63) is 95.9 Å². The van der Waals surface area contributed by atoms with Crippen LogP contribution in [-0.2, 0) is 16.4 Å². The van der Waals surface area contributed by atoms with Gasteiger partial charge in [-0.3, -0.25) is 10.2 Å². The molecule has 0 spiro atoms. The maximum atomic E-state index is 13.2. The van der Waals surface area contributed by atoms with Crippen molar-refractivity contribution in [2.45, 2.75) is 11.4 Å². The van der Waals surface area contributed by atoms with Gasteiger partial charge in [0.25, 0.3) is 5.91 Å². The Bertz CT molecular complexity index is 1450. The Morgan fingerprint density at radius 2 is 1.70 bits per heavy atom. The van der Waals surface area contributed by atoms with Crippen LogP contribution in [0.25, 0.3) is 10.9 Å². The lowest BCUT2D eigenvalue weighted by molar-refractivity contribution is 0.101. The number of carbonyl (C=O) groups excluding carboxylic acids is 1. The Labute approximate surface area is 190 Å². The number of aryl methyl sites for hydroxylation is 1. The number of rotatable bonds is 7. The molecule has 0 radical (unpaired) electrons. The van der Waals surface area contributed by atoms with E-state index >= 15 is 0 Å². The fraction of sp³-hybridized carbons (Fsp3) is 0.0833. The van der Waals surface area contributed by atoms with Gasteiger partial charge in [-0.2, -0.15) is 0 Å². The molecule has 0 fully saturated rings. The lowest BCUT2D eigenvalue weighted by atomic mass is 10.1. The van der Waals surface area contributed by atoms with Crippen LogP contribution in [0.4, 0.5) is 10.1 Å². The van der Waals surface area contributed by atoms with Crippen molar-refractivity contribution in [2.75, 3.05) is 11.1 Å². The number of halogens is 1. The highest BCUT2D eigenvalue weighted by molar-refractivity contribution is 7.91. The number of hydrogen-bond acceptors (Lipinski definition) is 4. The van der Waals surface area contributed by atoms with Crippen LogP contribution >= 0.6 is 0 Å². The molecule has 3 aromatic carbocycles. The molecule has 1 aromatic heterocycles. The van der Waals surface area contributed by atoms with Crippen molar-refractivity contribution >= 4 is 38.2 Å². The predicted octanol–water partition coefficient (Wildman–Crippen LogP) is 3.79. The van der Waals surface area contributed by atoms with Crippen LogP contribution in [0.2, 0.25) is 0 Å². The molecule has 0 atom stereocenters. The molecular weight excluding hydrogens is 443 g/mol. The van der Waals surface area contributed by atoms with Crippen molar-refractivity contribution in [1.29, 1.82) is 5.41 Å². The molecule has 0 aliphatic rings. The molecule has 1 heterocycles. The van der Waals surface area contributed by atoms with Gasteiger partial charge in [0.15, 0.2) is 9.84 Å². The van der Waals surface area contributed by atoms with Crippen LogP contribution in [0.3, 0.4) is 0 Å². The minimum Gasteiger partial charge on any atom is -0.384 e. The highest BCUT2D eigenvalue weighted by Crippen LogP contribution is 2.24. The van der Waals surface area contributed by atoms with Gasteiger partial charge in [0, 0.05) is 28.7 Å². The van der Waals surface area contributed by atoms with E-state index in [-0.39, 0.29) is 28.7 Å². The van der Waals surface area contributed by atoms with Gasteiger partial charge in [0.1, 0.15) is 17.3 Å². The highest BCUT2D eigenvalue weighted by atomic mass is 32.2. The number of fused-ring (bicyclic) bond motifs is 1. The first-order valence-corrected chi connectivity index (χ1v) is 11.7. The van der Waals surface area contributed by atoms with E-state index in [1.165, 1.54) is 36.4 Å². The number of anilines is 1. The van der Waals surface area contributed by atoms with Crippen LogP contribution in [0.1, 0.15) is 16.1 Å². The second-order valence-corrected chi connectivity index (χ2v) is 9.57. The number of benzene rings is 3. The van der Waals surface area contributed by atoms with Crippen molar-refractivity contribution in [2.24, 2.45) is 5.73 Å². The number of nitrogen functional groups attached to an aromatic ring is 1. The fourth-order valence-electron chi connectivity index (χ4n) is 3.54. The van der Waals surface area contributed by atoms with E-state index in [9.17, 15) is 17.6 Å². The first-order chi connectivity index (χ1) is 15.7. The van der Waals surface area contributed by atoms with E-state index in [0.717, 1.165) is 0 Å². The summed E-state index contributed by atoms with van der Waals surface area (Å²) >= 11 is 0. The van der Waals surface area contributed by atoms with Gasteiger partial charge in [0.2, 0.25) is 0 Å². The summed E-state index contributed by atoms with van der Waals surface area (Å²) in [5, 5.41) is 11.1. The quantitative estimate of drug-likeness (QED) is 0.285. The summed E-state index contributed by atoms with van der Waals surface area (Å²) in [7, 11) is -3.60.